The average molecular weight is 376 g/mol. The van der Waals surface area contributed by atoms with E-state index in [1.165, 1.54) is 19.2 Å². The van der Waals surface area contributed by atoms with E-state index in [9.17, 15) is 18.3 Å². The number of thioether (sulfide) groups is 1. The predicted molar refractivity (Wildman–Crippen MR) is 97.8 cm³/mol. The third-order valence-corrected chi connectivity index (χ3v) is 6.44. The summed E-state index contributed by atoms with van der Waals surface area (Å²) in [6.07, 6.45) is 1.94. The number of likely N-dealkylation sites (N-methyl/N-ethyl adjacent to an activating group) is 1. The fourth-order valence-corrected chi connectivity index (χ4v) is 4.35. The lowest BCUT2D eigenvalue weighted by Crippen LogP contribution is -2.37. The highest BCUT2D eigenvalue weighted by Crippen LogP contribution is 2.34. The molecule has 25 heavy (non-hydrogen) atoms. The van der Waals surface area contributed by atoms with Crippen molar-refractivity contribution in [1.82, 2.24) is 4.31 Å². The number of aliphatic hydroxyl groups is 1. The quantitative estimate of drug-likeness (QED) is 0.805. The number of fused-ring (bicyclic) bond motifs is 1. The van der Waals surface area contributed by atoms with E-state index in [1.807, 2.05) is 18.4 Å². The first-order chi connectivity index (χ1) is 11.9. The highest BCUT2D eigenvalue weighted by atomic mass is 32.2. The van der Waals surface area contributed by atoms with Crippen LogP contribution in [0.1, 0.15) is 5.56 Å². The molecule has 1 amide bonds. The molecule has 0 aliphatic carbocycles. The molecule has 0 spiro atoms. The molecule has 6 nitrogen and oxygen atoms in total. The van der Waals surface area contributed by atoms with Crippen LogP contribution in [0.3, 0.4) is 0 Å². The van der Waals surface area contributed by atoms with Crippen molar-refractivity contribution in [1.29, 1.82) is 0 Å². The second-order valence-electron chi connectivity index (χ2n) is 5.35. The van der Waals surface area contributed by atoms with Crippen molar-refractivity contribution in [2.75, 3.05) is 18.6 Å². The second kappa shape index (κ2) is 6.45. The van der Waals surface area contributed by atoms with E-state index in [1.54, 1.807) is 36.0 Å². The Balaban J connectivity index is 2.01. The van der Waals surface area contributed by atoms with Crippen molar-refractivity contribution < 1.29 is 18.3 Å². The number of hydrogen-bond donors (Lipinski definition) is 2. The minimum atomic E-state index is -3.90. The summed E-state index contributed by atoms with van der Waals surface area (Å²) in [7, 11) is -2.66. The van der Waals surface area contributed by atoms with Gasteiger partial charge in [0, 0.05) is 23.2 Å². The Hall–Kier alpha value is -2.45. The third-order valence-electron chi connectivity index (χ3n) is 3.88. The topological polar surface area (TPSA) is 86.7 Å². The van der Waals surface area contributed by atoms with Gasteiger partial charge in [-0.2, -0.15) is 0 Å². The van der Waals surface area contributed by atoms with Gasteiger partial charge in [-0.25, -0.2) is 8.42 Å². The van der Waals surface area contributed by atoms with E-state index in [0.717, 1.165) is 9.20 Å². The van der Waals surface area contributed by atoms with Crippen molar-refractivity contribution >= 4 is 39.1 Å². The van der Waals surface area contributed by atoms with Crippen molar-refractivity contribution in [3.63, 3.8) is 0 Å². The number of sulfonamides is 1. The van der Waals surface area contributed by atoms with Gasteiger partial charge in [0.2, 0.25) is 0 Å². The number of aliphatic hydroxyl groups excluding tert-OH is 1. The van der Waals surface area contributed by atoms with Crippen LogP contribution in [0.2, 0.25) is 0 Å². The largest absolute Gasteiger partial charge is 0.505 e. The van der Waals surface area contributed by atoms with Crippen molar-refractivity contribution in [3.05, 3.63) is 59.8 Å². The first-order valence-corrected chi connectivity index (χ1v) is 9.99. The van der Waals surface area contributed by atoms with Crippen LogP contribution in [0.25, 0.3) is 5.76 Å². The first kappa shape index (κ1) is 17.4. The number of hydrogen-bond acceptors (Lipinski definition) is 5. The normalized spacial score (nSPS) is 15.7. The molecule has 2 N–H and O–H groups in total. The van der Waals surface area contributed by atoms with E-state index in [-0.39, 0.29) is 21.9 Å². The molecule has 0 unspecified atom stereocenters. The number of carbonyl (C=O) groups is 1. The van der Waals surface area contributed by atoms with E-state index < -0.39 is 15.9 Å². The molecule has 0 radical (unpaired) electrons. The minimum Gasteiger partial charge on any atom is -0.505 e. The zero-order valence-electron chi connectivity index (χ0n) is 13.6. The summed E-state index contributed by atoms with van der Waals surface area (Å²) in [5.41, 5.74) is 0.309. The van der Waals surface area contributed by atoms with Crippen LogP contribution < -0.4 is 5.32 Å². The first-order valence-electron chi connectivity index (χ1n) is 7.33. The highest BCUT2D eigenvalue weighted by molar-refractivity contribution is 7.98. The maximum Gasteiger partial charge on any atom is 0.276 e. The van der Waals surface area contributed by atoms with Gasteiger partial charge in [-0.3, -0.25) is 9.10 Å². The fourth-order valence-electron chi connectivity index (χ4n) is 2.55. The van der Waals surface area contributed by atoms with Gasteiger partial charge in [-0.05, 0) is 42.7 Å². The van der Waals surface area contributed by atoms with Crippen LogP contribution in [0, 0.1) is 0 Å². The number of nitrogens with zero attached hydrogens (tertiary/aromatic N) is 1. The molecule has 0 aromatic heterocycles. The van der Waals surface area contributed by atoms with Crippen LogP contribution in [-0.4, -0.2) is 37.0 Å². The van der Waals surface area contributed by atoms with Crippen LogP contribution >= 0.6 is 11.8 Å². The number of anilines is 1. The van der Waals surface area contributed by atoms with E-state index in [4.69, 9.17) is 0 Å². The van der Waals surface area contributed by atoms with Crippen molar-refractivity contribution in [2.45, 2.75) is 9.79 Å². The molecule has 1 aliphatic rings. The molecule has 0 saturated heterocycles. The number of rotatable bonds is 3. The van der Waals surface area contributed by atoms with Gasteiger partial charge in [0.1, 0.15) is 0 Å². The lowest BCUT2D eigenvalue weighted by atomic mass is 10.1. The van der Waals surface area contributed by atoms with Gasteiger partial charge in [0.25, 0.3) is 15.9 Å². The molecule has 1 heterocycles. The van der Waals surface area contributed by atoms with Gasteiger partial charge >= 0.3 is 0 Å². The van der Waals surface area contributed by atoms with Gasteiger partial charge in [-0.15, -0.1) is 11.8 Å². The van der Waals surface area contributed by atoms with Gasteiger partial charge in [-0.1, -0.05) is 12.1 Å². The molecule has 0 saturated carbocycles. The SMILES string of the molecule is CSc1ccc(NC(=O)C2=C(O)c3ccccc3S(=O)(=O)N2C)cc1. The Labute approximate surface area is 150 Å². The van der Waals surface area contributed by atoms with Crippen LogP contribution in [0.5, 0.6) is 0 Å². The number of nitrogens with one attached hydrogen (secondary N) is 1. The molecule has 3 rings (SSSR count). The number of carbonyl (C=O) groups excluding carboxylic acids is 1. The molecule has 0 bridgehead atoms. The molecule has 130 valence electrons. The Bertz CT molecular complexity index is 966. The lowest BCUT2D eigenvalue weighted by Gasteiger charge is -2.28. The maximum atomic E-state index is 12.6. The summed E-state index contributed by atoms with van der Waals surface area (Å²) in [4.78, 5) is 13.6. The summed E-state index contributed by atoms with van der Waals surface area (Å²) < 4.78 is 26.0. The van der Waals surface area contributed by atoms with E-state index >= 15 is 0 Å². The average Bonchev–Trinajstić information content (AvgIpc) is 2.61. The zero-order chi connectivity index (χ0) is 18.2. The van der Waals surface area contributed by atoms with Gasteiger partial charge in [0.05, 0.1) is 4.90 Å². The molecule has 2 aromatic rings. The van der Waals surface area contributed by atoms with Gasteiger partial charge < -0.3 is 10.4 Å². The summed E-state index contributed by atoms with van der Waals surface area (Å²) in [6.45, 7) is 0. The molecular formula is C17H16N2O4S2. The van der Waals surface area contributed by atoms with Crippen LogP contribution in [0.15, 0.2) is 64.0 Å². The van der Waals surface area contributed by atoms with Crippen LogP contribution in [0.4, 0.5) is 5.69 Å². The van der Waals surface area contributed by atoms with E-state index in [0.29, 0.717) is 5.69 Å². The fraction of sp³-hybridized carbons (Fsp3) is 0.118. The lowest BCUT2D eigenvalue weighted by molar-refractivity contribution is -0.113. The van der Waals surface area contributed by atoms with E-state index in [2.05, 4.69) is 5.32 Å². The minimum absolute atomic E-state index is 0.0316. The van der Waals surface area contributed by atoms with Gasteiger partial charge in [0.15, 0.2) is 11.5 Å². The third kappa shape index (κ3) is 2.98. The predicted octanol–water partition coefficient (Wildman–Crippen LogP) is 2.91. The summed E-state index contributed by atoms with van der Waals surface area (Å²) in [6, 6.07) is 13.1. The Morgan fingerprint density at radius 1 is 1.12 bits per heavy atom. The maximum absolute atomic E-state index is 12.6. The standard InChI is InChI=1S/C17H16N2O4S2/c1-19-15(17(21)18-11-7-9-12(24-2)10-8-11)16(20)13-5-3-4-6-14(13)25(19,22)23/h3-10,20H,1-2H3,(H,18,21). The highest BCUT2D eigenvalue weighted by Gasteiger charge is 2.37. The summed E-state index contributed by atoms with van der Waals surface area (Å²) in [5, 5.41) is 13.1. The van der Waals surface area contributed by atoms with Crippen molar-refractivity contribution in [2.24, 2.45) is 0 Å². The Morgan fingerprint density at radius 2 is 1.76 bits per heavy atom. The monoisotopic (exact) mass is 376 g/mol. The summed E-state index contributed by atoms with van der Waals surface area (Å²) in [5.74, 6) is -1.07. The molecule has 0 fully saturated rings. The Kier molecular flexibility index (Phi) is 4.49. The smallest absolute Gasteiger partial charge is 0.276 e. The molecule has 1 aliphatic heterocycles. The van der Waals surface area contributed by atoms with Crippen LogP contribution in [-0.2, 0) is 14.8 Å². The molecule has 0 atom stereocenters. The Morgan fingerprint density at radius 3 is 2.40 bits per heavy atom. The molecular weight excluding hydrogens is 360 g/mol. The molecule has 8 heteroatoms. The van der Waals surface area contributed by atoms with Crippen molar-refractivity contribution in [3.8, 4) is 0 Å². The molecule has 2 aromatic carbocycles. The number of benzene rings is 2. The zero-order valence-corrected chi connectivity index (χ0v) is 15.2. The summed E-state index contributed by atoms with van der Waals surface area (Å²) >= 11 is 1.57. The second-order valence-corrected chi connectivity index (χ2v) is 8.17. The number of amides is 1.